The van der Waals surface area contributed by atoms with Crippen LogP contribution >= 0.6 is 11.8 Å². The van der Waals surface area contributed by atoms with Crippen LogP contribution in [0.5, 0.6) is 0 Å². The number of carbonyl (C=O) groups is 2. The Morgan fingerprint density at radius 1 is 1.14 bits per heavy atom. The predicted molar refractivity (Wildman–Crippen MR) is 108 cm³/mol. The number of esters is 1. The van der Waals surface area contributed by atoms with E-state index in [-0.39, 0.29) is 17.5 Å². The van der Waals surface area contributed by atoms with Gasteiger partial charge in [-0.25, -0.2) is 9.18 Å². The van der Waals surface area contributed by atoms with Crippen molar-refractivity contribution < 1.29 is 18.7 Å². The molecule has 0 fully saturated rings. The summed E-state index contributed by atoms with van der Waals surface area (Å²) >= 11 is 1.19. The average Bonchev–Trinajstić information content (AvgIpc) is 3.08. The number of amides is 1. The van der Waals surface area contributed by atoms with E-state index in [2.05, 4.69) is 15.5 Å². The van der Waals surface area contributed by atoms with Crippen LogP contribution in [0.2, 0.25) is 0 Å². The number of anilines is 1. The second kappa shape index (κ2) is 9.33. The van der Waals surface area contributed by atoms with Gasteiger partial charge in [-0.2, -0.15) is 0 Å². The smallest absolute Gasteiger partial charge is 0.338 e. The van der Waals surface area contributed by atoms with Crippen LogP contribution in [0.15, 0.2) is 53.7 Å². The number of aromatic nitrogens is 3. The van der Waals surface area contributed by atoms with Gasteiger partial charge in [-0.1, -0.05) is 23.9 Å². The average molecular weight is 414 g/mol. The minimum absolute atomic E-state index is 0.100. The number of nitrogens with zero attached hydrogens (tertiary/aromatic N) is 3. The van der Waals surface area contributed by atoms with Gasteiger partial charge in [0.25, 0.3) is 0 Å². The molecule has 29 heavy (non-hydrogen) atoms. The Morgan fingerprint density at radius 2 is 1.86 bits per heavy atom. The van der Waals surface area contributed by atoms with E-state index in [0.29, 0.717) is 34.4 Å². The SMILES string of the molecule is CCOC(=O)c1ccc(NC(=O)CSc2nnc(-c3ccccc3F)n2C)cc1. The zero-order valence-corrected chi connectivity index (χ0v) is 16.7. The van der Waals surface area contributed by atoms with Crippen molar-refractivity contribution in [1.82, 2.24) is 14.8 Å². The first-order chi connectivity index (χ1) is 14.0. The van der Waals surface area contributed by atoms with Crippen molar-refractivity contribution in [2.24, 2.45) is 7.05 Å². The molecule has 0 saturated heterocycles. The van der Waals surface area contributed by atoms with Crippen LogP contribution in [0.25, 0.3) is 11.4 Å². The fourth-order valence-corrected chi connectivity index (χ4v) is 3.26. The molecule has 0 aliphatic carbocycles. The van der Waals surface area contributed by atoms with Crippen LogP contribution in [-0.4, -0.2) is 39.0 Å². The van der Waals surface area contributed by atoms with Gasteiger partial charge in [0.2, 0.25) is 5.91 Å². The summed E-state index contributed by atoms with van der Waals surface area (Å²) in [5, 5.41) is 11.3. The molecular formula is C20H19FN4O3S. The topological polar surface area (TPSA) is 86.1 Å². The molecule has 1 heterocycles. The summed E-state index contributed by atoms with van der Waals surface area (Å²) in [4.78, 5) is 23.9. The summed E-state index contributed by atoms with van der Waals surface area (Å²) in [7, 11) is 1.72. The molecule has 9 heteroatoms. The highest BCUT2D eigenvalue weighted by molar-refractivity contribution is 7.99. The summed E-state index contributed by atoms with van der Waals surface area (Å²) in [5.41, 5.74) is 1.33. The Bertz CT molecular complexity index is 1020. The van der Waals surface area contributed by atoms with E-state index in [9.17, 15) is 14.0 Å². The van der Waals surface area contributed by atoms with E-state index < -0.39 is 5.97 Å². The summed E-state index contributed by atoms with van der Waals surface area (Å²) < 4.78 is 20.5. The molecule has 0 spiro atoms. The van der Waals surface area contributed by atoms with Gasteiger partial charge in [0.15, 0.2) is 11.0 Å². The van der Waals surface area contributed by atoms with Gasteiger partial charge in [-0.05, 0) is 43.3 Å². The van der Waals surface area contributed by atoms with E-state index in [1.54, 1.807) is 61.0 Å². The number of thioether (sulfide) groups is 1. The number of rotatable bonds is 7. The Morgan fingerprint density at radius 3 is 2.55 bits per heavy atom. The second-order valence-corrected chi connectivity index (χ2v) is 6.92. The van der Waals surface area contributed by atoms with Crippen LogP contribution < -0.4 is 5.32 Å². The first-order valence-corrected chi connectivity index (χ1v) is 9.82. The minimum atomic E-state index is -0.408. The van der Waals surface area contributed by atoms with Crippen molar-refractivity contribution in [3.8, 4) is 11.4 Å². The van der Waals surface area contributed by atoms with Gasteiger partial charge >= 0.3 is 5.97 Å². The fraction of sp³-hybridized carbons (Fsp3) is 0.200. The summed E-state index contributed by atoms with van der Waals surface area (Å²) in [5.74, 6) is -0.546. The van der Waals surface area contributed by atoms with Crippen LogP contribution in [-0.2, 0) is 16.6 Å². The zero-order chi connectivity index (χ0) is 20.8. The van der Waals surface area contributed by atoms with Gasteiger partial charge in [0, 0.05) is 12.7 Å². The predicted octanol–water partition coefficient (Wildman–Crippen LogP) is 3.53. The highest BCUT2D eigenvalue weighted by Crippen LogP contribution is 2.24. The van der Waals surface area contributed by atoms with E-state index >= 15 is 0 Å². The zero-order valence-electron chi connectivity index (χ0n) is 15.9. The highest BCUT2D eigenvalue weighted by atomic mass is 32.2. The lowest BCUT2D eigenvalue weighted by Crippen LogP contribution is -2.14. The molecule has 0 atom stereocenters. The Balaban J connectivity index is 1.59. The fourth-order valence-electron chi connectivity index (χ4n) is 2.55. The molecule has 1 N–H and O–H groups in total. The number of hydrogen-bond donors (Lipinski definition) is 1. The monoisotopic (exact) mass is 414 g/mol. The van der Waals surface area contributed by atoms with E-state index in [4.69, 9.17) is 4.74 Å². The van der Waals surface area contributed by atoms with Crippen LogP contribution in [0, 0.1) is 5.82 Å². The van der Waals surface area contributed by atoms with E-state index in [1.165, 1.54) is 17.8 Å². The third kappa shape index (κ3) is 5.00. The van der Waals surface area contributed by atoms with Crippen molar-refractivity contribution in [3.63, 3.8) is 0 Å². The first kappa shape index (κ1) is 20.5. The number of halogens is 1. The third-order valence-corrected chi connectivity index (χ3v) is 4.98. The van der Waals surface area contributed by atoms with Crippen molar-refractivity contribution in [2.45, 2.75) is 12.1 Å². The molecule has 1 aromatic heterocycles. The van der Waals surface area contributed by atoms with Crippen molar-refractivity contribution in [3.05, 3.63) is 59.9 Å². The van der Waals surface area contributed by atoms with Crippen molar-refractivity contribution >= 4 is 29.3 Å². The maximum atomic E-state index is 14.0. The molecule has 1 amide bonds. The number of benzene rings is 2. The standard InChI is InChI=1S/C20H19FN4O3S/c1-3-28-19(27)13-8-10-14(11-9-13)22-17(26)12-29-20-24-23-18(25(20)2)15-6-4-5-7-16(15)21/h4-11H,3,12H2,1-2H3,(H,22,26). The number of ether oxygens (including phenoxy) is 1. The molecule has 3 rings (SSSR count). The maximum Gasteiger partial charge on any atom is 0.338 e. The van der Waals surface area contributed by atoms with Crippen molar-refractivity contribution in [1.29, 1.82) is 0 Å². The summed E-state index contributed by atoms with van der Waals surface area (Å²) in [6.45, 7) is 2.04. The Hall–Kier alpha value is -3.20. The Labute approximate surface area is 171 Å². The normalized spacial score (nSPS) is 10.6. The summed E-state index contributed by atoms with van der Waals surface area (Å²) in [6, 6.07) is 12.8. The maximum absolute atomic E-state index is 14.0. The van der Waals surface area contributed by atoms with Gasteiger partial charge in [0.1, 0.15) is 5.82 Å². The lowest BCUT2D eigenvalue weighted by Gasteiger charge is -2.07. The molecule has 150 valence electrons. The molecule has 0 unspecified atom stereocenters. The van der Waals surface area contributed by atoms with E-state index in [0.717, 1.165) is 0 Å². The molecule has 0 bridgehead atoms. The molecule has 2 aromatic carbocycles. The first-order valence-electron chi connectivity index (χ1n) is 8.83. The minimum Gasteiger partial charge on any atom is -0.462 e. The third-order valence-electron chi connectivity index (χ3n) is 3.96. The molecule has 0 aliphatic rings. The lowest BCUT2D eigenvalue weighted by atomic mass is 10.2. The molecule has 0 radical (unpaired) electrons. The molecular weight excluding hydrogens is 395 g/mol. The van der Waals surface area contributed by atoms with Crippen LogP contribution in [0.3, 0.4) is 0 Å². The van der Waals surface area contributed by atoms with Gasteiger partial charge in [0.05, 0.1) is 23.5 Å². The molecule has 0 saturated carbocycles. The second-order valence-electron chi connectivity index (χ2n) is 5.98. The number of hydrogen-bond acceptors (Lipinski definition) is 6. The number of nitrogens with one attached hydrogen (secondary N) is 1. The lowest BCUT2D eigenvalue weighted by molar-refractivity contribution is -0.113. The van der Waals surface area contributed by atoms with Crippen molar-refractivity contribution in [2.75, 3.05) is 17.7 Å². The molecule has 3 aromatic rings. The molecule has 7 nitrogen and oxygen atoms in total. The van der Waals surface area contributed by atoms with Gasteiger partial charge < -0.3 is 14.6 Å². The largest absolute Gasteiger partial charge is 0.462 e. The van der Waals surface area contributed by atoms with Crippen LogP contribution in [0.1, 0.15) is 17.3 Å². The highest BCUT2D eigenvalue weighted by Gasteiger charge is 2.15. The van der Waals surface area contributed by atoms with E-state index in [1.807, 2.05) is 0 Å². The van der Waals surface area contributed by atoms with Crippen LogP contribution in [0.4, 0.5) is 10.1 Å². The summed E-state index contributed by atoms with van der Waals surface area (Å²) in [6.07, 6.45) is 0. The van der Waals surface area contributed by atoms with Gasteiger partial charge in [-0.3, -0.25) is 4.79 Å². The quantitative estimate of drug-likeness (QED) is 0.470. The Kier molecular flexibility index (Phi) is 6.61. The molecule has 0 aliphatic heterocycles. The van der Waals surface area contributed by atoms with Gasteiger partial charge in [-0.15, -0.1) is 10.2 Å². The number of carbonyl (C=O) groups excluding carboxylic acids is 2.